The molecule has 6 nitrogen and oxygen atoms in total. The Morgan fingerprint density at radius 1 is 1.29 bits per heavy atom. The van der Waals surface area contributed by atoms with Crippen molar-refractivity contribution in [1.29, 1.82) is 0 Å². The Morgan fingerprint density at radius 3 is 2.83 bits per heavy atom. The van der Waals surface area contributed by atoms with E-state index in [2.05, 4.69) is 15.3 Å². The molecule has 3 aromatic rings. The first-order chi connectivity index (χ1) is 11.5. The van der Waals surface area contributed by atoms with E-state index in [0.717, 1.165) is 5.56 Å². The normalized spacial score (nSPS) is 10.6. The Morgan fingerprint density at radius 2 is 2.08 bits per heavy atom. The van der Waals surface area contributed by atoms with Crippen LogP contribution < -0.4 is 10.9 Å². The van der Waals surface area contributed by atoms with Gasteiger partial charge in [0.25, 0.3) is 11.5 Å². The molecule has 3 rings (SSSR count). The number of rotatable bonds is 3. The molecule has 0 unspecified atom stereocenters. The number of halogens is 1. The molecule has 0 atom stereocenters. The molecule has 7 heteroatoms. The number of amides is 1. The van der Waals surface area contributed by atoms with Gasteiger partial charge >= 0.3 is 0 Å². The zero-order valence-electron chi connectivity index (χ0n) is 13.1. The molecular weight excluding hydrogens is 328 g/mol. The number of imidazole rings is 1. The average Bonchev–Trinajstić information content (AvgIpc) is 2.94. The smallest absolute Gasteiger partial charge is 0.276 e. The summed E-state index contributed by atoms with van der Waals surface area (Å²) < 4.78 is 1.39. The minimum Gasteiger partial charge on any atom is -0.341 e. The van der Waals surface area contributed by atoms with Gasteiger partial charge in [0.05, 0.1) is 0 Å². The largest absolute Gasteiger partial charge is 0.341 e. The van der Waals surface area contributed by atoms with E-state index in [1.54, 1.807) is 44.4 Å². The first kappa shape index (κ1) is 16.0. The molecule has 2 heterocycles. The van der Waals surface area contributed by atoms with Crippen LogP contribution >= 0.6 is 11.6 Å². The summed E-state index contributed by atoms with van der Waals surface area (Å²) in [6.07, 6.45) is 1.62. The quantitative estimate of drug-likeness (QED) is 0.768. The number of carbonyl (C=O) groups excluding carboxylic acids is 1. The fraction of sp³-hybridized carbons (Fsp3) is 0.118. The van der Waals surface area contributed by atoms with Crippen LogP contribution in [0.4, 0.5) is 5.69 Å². The molecule has 0 spiro atoms. The Labute approximate surface area is 143 Å². The van der Waals surface area contributed by atoms with Gasteiger partial charge in [-0.05, 0) is 31.2 Å². The van der Waals surface area contributed by atoms with Gasteiger partial charge in [-0.3, -0.25) is 9.59 Å². The number of aromatic nitrogens is 3. The van der Waals surface area contributed by atoms with E-state index in [4.69, 9.17) is 11.6 Å². The van der Waals surface area contributed by atoms with Gasteiger partial charge < -0.3 is 14.9 Å². The molecule has 0 aliphatic heterocycles. The number of carbonyl (C=O) groups is 1. The third kappa shape index (κ3) is 3.09. The Bertz CT molecular complexity index is 975. The van der Waals surface area contributed by atoms with E-state index in [-0.39, 0.29) is 16.9 Å². The molecule has 0 radical (unpaired) electrons. The van der Waals surface area contributed by atoms with Crippen LogP contribution in [0.5, 0.6) is 0 Å². The second-order valence-corrected chi connectivity index (χ2v) is 5.80. The Hall–Kier alpha value is -2.86. The highest BCUT2D eigenvalue weighted by atomic mass is 35.5. The number of H-pyrrole nitrogens is 1. The number of aryl methyl sites for hydroxylation is 2. The van der Waals surface area contributed by atoms with E-state index in [0.29, 0.717) is 16.5 Å². The summed E-state index contributed by atoms with van der Waals surface area (Å²) in [6, 6.07) is 10.4. The molecule has 24 heavy (non-hydrogen) atoms. The van der Waals surface area contributed by atoms with Gasteiger partial charge in [-0.15, -0.1) is 0 Å². The van der Waals surface area contributed by atoms with Crippen molar-refractivity contribution < 1.29 is 4.79 Å². The topological polar surface area (TPSA) is 79.8 Å². The van der Waals surface area contributed by atoms with Crippen molar-refractivity contribution in [2.24, 2.45) is 7.05 Å². The van der Waals surface area contributed by atoms with Crippen LogP contribution in [-0.4, -0.2) is 20.4 Å². The van der Waals surface area contributed by atoms with Gasteiger partial charge in [0, 0.05) is 29.5 Å². The summed E-state index contributed by atoms with van der Waals surface area (Å²) >= 11 is 5.99. The third-order valence-corrected chi connectivity index (χ3v) is 3.80. The first-order valence-electron chi connectivity index (χ1n) is 7.25. The standard InChI is InChI=1S/C17H15ClN4O2/c1-10-14(16(23)20-13-7-4-8-22(2)17(13)24)21-15(19-10)11-5-3-6-12(18)9-11/h3-9H,1-2H3,(H,19,21)(H,20,23). The summed E-state index contributed by atoms with van der Waals surface area (Å²) in [5.74, 6) is 0.0986. The molecular formula is C17H15ClN4O2. The van der Waals surface area contributed by atoms with Crippen molar-refractivity contribution in [1.82, 2.24) is 14.5 Å². The monoisotopic (exact) mass is 342 g/mol. The second kappa shape index (κ2) is 6.33. The summed E-state index contributed by atoms with van der Waals surface area (Å²) in [5, 5.41) is 3.19. The predicted molar refractivity (Wildman–Crippen MR) is 93.4 cm³/mol. The minimum atomic E-state index is -0.444. The van der Waals surface area contributed by atoms with Crippen LogP contribution in [-0.2, 0) is 7.05 Å². The summed E-state index contributed by atoms with van der Waals surface area (Å²) in [6.45, 7) is 1.75. The molecule has 2 aromatic heterocycles. The van der Waals surface area contributed by atoms with Crippen molar-refractivity contribution in [3.05, 3.63) is 69.4 Å². The van der Waals surface area contributed by atoms with Crippen molar-refractivity contribution in [3.63, 3.8) is 0 Å². The molecule has 0 fully saturated rings. The first-order valence-corrected chi connectivity index (χ1v) is 7.63. The number of hydrogen-bond donors (Lipinski definition) is 2. The second-order valence-electron chi connectivity index (χ2n) is 5.36. The zero-order chi connectivity index (χ0) is 17.3. The fourth-order valence-corrected chi connectivity index (χ4v) is 2.52. The lowest BCUT2D eigenvalue weighted by molar-refractivity contribution is 0.102. The number of benzene rings is 1. The number of nitrogens with one attached hydrogen (secondary N) is 2. The summed E-state index contributed by atoms with van der Waals surface area (Å²) in [7, 11) is 1.62. The number of aromatic amines is 1. The molecule has 1 amide bonds. The maximum Gasteiger partial charge on any atom is 0.276 e. The fourth-order valence-electron chi connectivity index (χ4n) is 2.33. The van der Waals surface area contributed by atoms with Gasteiger partial charge in [-0.1, -0.05) is 23.7 Å². The number of nitrogens with zero attached hydrogens (tertiary/aromatic N) is 2. The molecule has 1 aromatic carbocycles. The number of pyridine rings is 1. The van der Waals surface area contributed by atoms with Crippen LogP contribution in [0.3, 0.4) is 0 Å². The Kier molecular flexibility index (Phi) is 4.22. The van der Waals surface area contributed by atoms with Crippen molar-refractivity contribution in [2.75, 3.05) is 5.32 Å². The van der Waals surface area contributed by atoms with Gasteiger partial charge in [0.2, 0.25) is 0 Å². The van der Waals surface area contributed by atoms with Crippen LogP contribution in [0.2, 0.25) is 5.02 Å². The molecule has 122 valence electrons. The van der Waals surface area contributed by atoms with Gasteiger partial charge in [0.15, 0.2) is 0 Å². The molecule has 0 aliphatic carbocycles. The SMILES string of the molecule is Cc1[nH]c(-c2cccc(Cl)c2)nc1C(=O)Nc1cccn(C)c1=O. The van der Waals surface area contributed by atoms with Crippen molar-refractivity contribution >= 4 is 23.2 Å². The molecule has 0 saturated carbocycles. The van der Waals surface area contributed by atoms with E-state index < -0.39 is 5.91 Å². The van der Waals surface area contributed by atoms with E-state index in [9.17, 15) is 9.59 Å². The van der Waals surface area contributed by atoms with Gasteiger partial charge in [-0.2, -0.15) is 0 Å². The maximum atomic E-state index is 12.4. The van der Waals surface area contributed by atoms with Crippen LogP contribution in [0, 0.1) is 6.92 Å². The lowest BCUT2D eigenvalue weighted by Gasteiger charge is -2.04. The maximum absolute atomic E-state index is 12.4. The Balaban J connectivity index is 1.91. The van der Waals surface area contributed by atoms with Crippen molar-refractivity contribution in [2.45, 2.75) is 6.92 Å². The third-order valence-electron chi connectivity index (χ3n) is 3.57. The molecule has 0 aliphatic rings. The molecule has 2 N–H and O–H groups in total. The molecule has 0 saturated heterocycles. The number of hydrogen-bond acceptors (Lipinski definition) is 3. The highest BCUT2D eigenvalue weighted by Crippen LogP contribution is 2.21. The van der Waals surface area contributed by atoms with E-state index in [1.165, 1.54) is 4.57 Å². The van der Waals surface area contributed by atoms with Gasteiger partial charge in [0.1, 0.15) is 17.2 Å². The zero-order valence-corrected chi connectivity index (χ0v) is 13.9. The average molecular weight is 343 g/mol. The summed E-state index contributed by atoms with van der Waals surface area (Å²) in [5.41, 5.74) is 1.54. The lowest BCUT2D eigenvalue weighted by atomic mass is 10.2. The van der Waals surface area contributed by atoms with Crippen LogP contribution in [0.15, 0.2) is 47.4 Å². The van der Waals surface area contributed by atoms with Crippen molar-refractivity contribution in [3.8, 4) is 11.4 Å². The van der Waals surface area contributed by atoms with E-state index in [1.807, 2.05) is 12.1 Å². The minimum absolute atomic E-state index is 0.205. The van der Waals surface area contributed by atoms with Gasteiger partial charge in [-0.25, -0.2) is 4.98 Å². The van der Waals surface area contributed by atoms with Crippen LogP contribution in [0.1, 0.15) is 16.2 Å². The number of anilines is 1. The van der Waals surface area contributed by atoms with E-state index >= 15 is 0 Å². The molecule has 0 bridgehead atoms. The highest BCUT2D eigenvalue weighted by Gasteiger charge is 2.17. The highest BCUT2D eigenvalue weighted by molar-refractivity contribution is 6.30. The lowest BCUT2D eigenvalue weighted by Crippen LogP contribution is -2.24. The summed E-state index contributed by atoms with van der Waals surface area (Å²) in [4.78, 5) is 31.8. The van der Waals surface area contributed by atoms with Crippen LogP contribution in [0.25, 0.3) is 11.4 Å². The predicted octanol–water partition coefficient (Wildman–Crippen LogP) is 2.99.